The second kappa shape index (κ2) is 7.14. The second-order valence-corrected chi connectivity index (χ2v) is 9.08. The normalized spacial score (nSPS) is 11.8. The summed E-state index contributed by atoms with van der Waals surface area (Å²) in [4.78, 5) is 7.54. The third-order valence-electron chi connectivity index (χ3n) is 4.03. The molecule has 0 unspecified atom stereocenters. The number of thiazole rings is 1. The number of azo groups is 1. The lowest BCUT2D eigenvalue weighted by atomic mass is 10.2. The first-order chi connectivity index (χ1) is 13.7. The molecule has 4 aromatic heterocycles. The fourth-order valence-electron chi connectivity index (χ4n) is 2.79. The van der Waals surface area contributed by atoms with E-state index in [0.717, 1.165) is 21.1 Å². The number of thiophene rings is 2. The molecule has 1 aromatic carbocycles. The van der Waals surface area contributed by atoms with Crippen LogP contribution in [0, 0.1) is 0 Å². The number of benzene rings is 1. The predicted octanol–water partition coefficient (Wildman–Crippen LogP) is 7.63. The maximum Gasteiger partial charge on any atom is 0.237 e. The molecule has 0 amide bonds. The summed E-state index contributed by atoms with van der Waals surface area (Å²) in [6.45, 7) is 0. The van der Waals surface area contributed by atoms with E-state index in [1.807, 2.05) is 35.0 Å². The Kier molecular flexibility index (Phi) is 4.48. The van der Waals surface area contributed by atoms with Crippen LogP contribution in [0.5, 0.6) is 5.88 Å². The molecule has 0 bridgehead atoms. The van der Waals surface area contributed by atoms with Crippen LogP contribution in [-0.2, 0) is 0 Å². The van der Waals surface area contributed by atoms with Gasteiger partial charge in [-0.2, -0.15) is 0 Å². The number of rotatable bonds is 4. The van der Waals surface area contributed by atoms with E-state index in [0.29, 0.717) is 20.7 Å². The monoisotopic (exact) mass is 442 g/mol. The molecule has 1 N–H and O–H groups in total. The second-order valence-electron chi connectivity index (χ2n) is 5.79. The average molecular weight is 443 g/mol. The molecule has 5 aromatic rings. The van der Waals surface area contributed by atoms with Crippen LogP contribution in [0.3, 0.4) is 0 Å². The van der Waals surface area contributed by atoms with Crippen LogP contribution < -0.4 is 0 Å². The lowest BCUT2D eigenvalue weighted by Gasteiger charge is -2.01. The van der Waals surface area contributed by atoms with Crippen molar-refractivity contribution in [2.24, 2.45) is 10.2 Å². The van der Waals surface area contributed by atoms with Crippen LogP contribution in [0.25, 0.3) is 26.1 Å². The molecule has 138 valence electrons. The Morgan fingerprint density at radius 1 is 0.929 bits per heavy atom. The van der Waals surface area contributed by atoms with Crippen molar-refractivity contribution >= 4 is 61.3 Å². The molecule has 9 heteroatoms. The van der Waals surface area contributed by atoms with Gasteiger partial charge in [0.1, 0.15) is 5.69 Å². The zero-order chi connectivity index (χ0) is 19.1. The van der Waals surface area contributed by atoms with Gasteiger partial charge in [-0.15, -0.1) is 32.9 Å². The van der Waals surface area contributed by atoms with Crippen molar-refractivity contribution in [1.29, 1.82) is 0 Å². The standard InChI is InChI=1S/C19H11ClN4OS3/c20-11-5-7-12(8-6-11)22-23-17-18(25)24-16(14-4-2-10-27-14)15(21-19(24)28-17)13-3-1-9-26-13/h1-10,25H. The summed E-state index contributed by atoms with van der Waals surface area (Å²) < 4.78 is 1.75. The van der Waals surface area contributed by atoms with E-state index in [9.17, 15) is 5.11 Å². The molecule has 0 radical (unpaired) electrons. The van der Waals surface area contributed by atoms with Gasteiger partial charge in [-0.3, -0.25) is 4.40 Å². The van der Waals surface area contributed by atoms with Gasteiger partial charge in [-0.25, -0.2) is 4.98 Å². The number of aromatic hydroxyl groups is 1. The molecule has 0 saturated carbocycles. The Morgan fingerprint density at radius 3 is 2.32 bits per heavy atom. The maximum absolute atomic E-state index is 10.9. The molecule has 4 heterocycles. The Hall–Kier alpha value is -2.52. The van der Waals surface area contributed by atoms with Crippen LogP contribution >= 0.6 is 45.6 Å². The Labute approximate surface area is 176 Å². The third-order valence-corrected chi connectivity index (χ3v) is 6.95. The third kappa shape index (κ3) is 3.04. The van der Waals surface area contributed by atoms with Crippen LogP contribution in [0.15, 0.2) is 69.5 Å². The van der Waals surface area contributed by atoms with Gasteiger partial charge in [0.25, 0.3) is 0 Å². The number of fused-ring (bicyclic) bond motifs is 1. The number of nitrogens with zero attached hydrogens (tertiary/aromatic N) is 4. The highest BCUT2D eigenvalue weighted by Gasteiger charge is 2.23. The number of hydrogen-bond donors (Lipinski definition) is 1. The van der Waals surface area contributed by atoms with Crippen molar-refractivity contribution in [2.75, 3.05) is 0 Å². The van der Waals surface area contributed by atoms with Crippen molar-refractivity contribution in [3.05, 3.63) is 64.3 Å². The molecule has 0 spiro atoms. The summed E-state index contributed by atoms with van der Waals surface area (Å²) in [5, 5.41) is 24.4. The molecule has 28 heavy (non-hydrogen) atoms. The van der Waals surface area contributed by atoms with E-state index in [4.69, 9.17) is 16.6 Å². The Morgan fingerprint density at radius 2 is 1.64 bits per heavy atom. The van der Waals surface area contributed by atoms with Crippen molar-refractivity contribution < 1.29 is 5.11 Å². The van der Waals surface area contributed by atoms with E-state index >= 15 is 0 Å². The number of halogens is 1. The number of hydrogen-bond acceptors (Lipinski definition) is 7. The van der Waals surface area contributed by atoms with Gasteiger partial charge in [-0.1, -0.05) is 35.1 Å². The van der Waals surface area contributed by atoms with Crippen LogP contribution in [0.1, 0.15) is 0 Å². The van der Waals surface area contributed by atoms with Crippen molar-refractivity contribution in [2.45, 2.75) is 0 Å². The molecule has 0 atom stereocenters. The minimum Gasteiger partial charge on any atom is -0.492 e. The fourth-order valence-corrected chi connectivity index (χ4v) is 5.24. The van der Waals surface area contributed by atoms with Crippen LogP contribution in [0.4, 0.5) is 10.7 Å². The van der Waals surface area contributed by atoms with Gasteiger partial charge >= 0.3 is 0 Å². The largest absolute Gasteiger partial charge is 0.492 e. The minimum absolute atomic E-state index is 0.0384. The predicted molar refractivity (Wildman–Crippen MR) is 117 cm³/mol. The van der Waals surface area contributed by atoms with E-state index in [2.05, 4.69) is 10.2 Å². The maximum atomic E-state index is 10.9. The summed E-state index contributed by atoms with van der Waals surface area (Å²) >= 11 is 10.4. The van der Waals surface area contributed by atoms with Gasteiger partial charge in [0.05, 0.1) is 21.1 Å². The van der Waals surface area contributed by atoms with Gasteiger partial charge in [0.2, 0.25) is 10.9 Å². The summed E-state index contributed by atoms with van der Waals surface area (Å²) in [6.07, 6.45) is 0. The lowest BCUT2D eigenvalue weighted by molar-refractivity contribution is 0.451. The molecule has 5 nitrogen and oxygen atoms in total. The molecule has 0 fully saturated rings. The summed E-state index contributed by atoms with van der Waals surface area (Å²) in [7, 11) is 0. The average Bonchev–Trinajstić information content (AvgIpc) is 3.47. The molecule has 0 aliphatic carbocycles. The van der Waals surface area contributed by atoms with Crippen molar-refractivity contribution in [3.63, 3.8) is 0 Å². The highest BCUT2D eigenvalue weighted by Crippen LogP contribution is 2.45. The van der Waals surface area contributed by atoms with Gasteiger partial charge in [-0.05, 0) is 47.2 Å². The van der Waals surface area contributed by atoms with Crippen LogP contribution in [-0.4, -0.2) is 14.5 Å². The smallest absolute Gasteiger partial charge is 0.237 e. The first kappa shape index (κ1) is 17.6. The van der Waals surface area contributed by atoms with E-state index in [-0.39, 0.29) is 5.88 Å². The van der Waals surface area contributed by atoms with Gasteiger partial charge < -0.3 is 5.11 Å². The summed E-state index contributed by atoms with van der Waals surface area (Å²) in [6, 6.07) is 15.1. The summed E-state index contributed by atoms with van der Waals surface area (Å²) in [5.41, 5.74) is 2.39. The molecule has 5 rings (SSSR count). The lowest BCUT2D eigenvalue weighted by Crippen LogP contribution is -1.84. The molecule has 0 aliphatic rings. The number of aromatic nitrogens is 2. The Bertz CT molecular complexity index is 1270. The van der Waals surface area contributed by atoms with E-state index in [1.165, 1.54) is 11.3 Å². The molecule has 0 aliphatic heterocycles. The quantitative estimate of drug-likeness (QED) is 0.291. The zero-order valence-electron chi connectivity index (χ0n) is 14.1. The van der Waals surface area contributed by atoms with Crippen LogP contribution in [0.2, 0.25) is 5.02 Å². The van der Waals surface area contributed by atoms with Crippen molar-refractivity contribution in [1.82, 2.24) is 9.38 Å². The Balaban J connectivity index is 1.65. The highest BCUT2D eigenvalue weighted by atomic mass is 35.5. The zero-order valence-corrected chi connectivity index (χ0v) is 17.3. The molecular weight excluding hydrogens is 432 g/mol. The SMILES string of the molecule is Oc1c(N=Nc2ccc(Cl)cc2)sc2nc(-c3cccs3)c(-c3cccs3)n12. The van der Waals surface area contributed by atoms with E-state index in [1.54, 1.807) is 51.3 Å². The van der Waals surface area contributed by atoms with Crippen molar-refractivity contribution in [3.8, 4) is 27.0 Å². The van der Waals surface area contributed by atoms with Gasteiger partial charge in [0.15, 0.2) is 4.96 Å². The molecule has 0 saturated heterocycles. The minimum atomic E-state index is 0.0384. The van der Waals surface area contributed by atoms with Gasteiger partial charge in [0, 0.05) is 5.02 Å². The van der Waals surface area contributed by atoms with E-state index < -0.39 is 0 Å². The number of imidazole rings is 1. The highest BCUT2D eigenvalue weighted by molar-refractivity contribution is 7.21. The fraction of sp³-hybridized carbons (Fsp3) is 0. The summed E-state index contributed by atoms with van der Waals surface area (Å²) in [5.74, 6) is 0.0384. The topological polar surface area (TPSA) is 62.2 Å². The first-order valence-corrected chi connectivity index (χ1v) is 11.2. The molecular formula is C19H11ClN4OS3. The first-order valence-electron chi connectivity index (χ1n) is 8.20.